The quantitative estimate of drug-likeness (QED) is 0.835. The first kappa shape index (κ1) is 15.6. The fraction of sp³-hybridized carbons (Fsp3) is 0.667. The molecule has 22 heavy (non-hydrogen) atoms. The van der Waals surface area contributed by atoms with Crippen molar-refractivity contribution in [2.24, 2.45) is 5.92 Å². The Bertz CT molecular complexity index is 452. The van der Waals surface area contributed by atoms with Crippen LogP contribution in [0.1, 0.15) is 19.8 Å². The van der Waals surface area contributed by atoms with E-state index in [1.54, 1.807) is 0 Å². The van der Waals surface area contributed by atoms with Crippen molar-refractivity contribution >= 4 is 5.69 Å². The van der Waals surface area contributed by atoms with Crippen molar-refractivity contribution in [1.82, 2.24) is 4.90 Å². The van der Waals surface area contributed by atoms with Crippen LogP contribution < -0.4 is 9.64 Å². The van der Waals surface area contributed by atoms with Gasteiger partial charge in [0.25, 0.3) is 0 Å². The van der Waals surface area contributed by atoms with Gasteiger partial charge in [-0.3, -0.25) is 4.90 Å². The molecule has 2 aliphatic heterocycles. The van der Waals surface area contributed by atoms with Gasteiger partial charge in [0.2, 0.25) is 0 Å². The van der Waals surface area contributed by atoms with Gasteiger partial charge in [0.05, 0.1) is 18.9 Å². The number of piperazine rings is 1. The van der Waals surface area contributed by atoms with Crippen LogP contribution in [0.2, 0.25) is 0 Å². The summed E-state index contributed by atoms with van der Waals surface area (Å²) in [6, 6.07) is 8.40. The molecule has 1 unspecified atom stereocenters. The van der Waals surface area contributed by atoms with Gasteiger partial charge in [0.15, 0.2) is 0 Å². The summed E-state index contributed by atoms with van der Waals surface area (Å²) in [5.41, 5.74) is 1.24. The molecule has 2 aliphatic rings. The maximum absolute atomic E-state index is 5.77. The van der Waals surface area contributed by atoms with E-state index in [-0.39, 0.29) is 0 Å². The summed E-state index contributed by atoms with van der Waals surface area (Å²) in [5.74, 6) is 1.75. The molecule has 2 saturated heterocycles. The first-order chi connectivity index (χ1) is 10.9. The van der Waals surface area contributed by atoms with Crippen molar-refractivity contribution < 1.29 is 9.47 Å². The van der Waals surface area contributed by atoms with E-state index >= 15 is 0 Å². The van der Waals surface area contributed by atoms with Crippen LogP contribution in [-0.4, -0.2) is 57.4 Å². The van der Waals surface area contributed by atoms with Crippen LogP contribution in [0.4, 0.5) is 5.69 Å². The van der Waals surface area contributed by atoms with E-state index in [4.69, 9.17) is 9.47 Å². The number of hydrogen-bond donors (Lipinski definition) is 0. The number of hydrogen-bond acceptors (Lipinski definition) is 4. The molecular weight excluding hydrogens is 276 g/mol. The molecule has 2 heterocycles. The first-order valence-electron chi connectivity index (χ1n) is 8.63. The average Bonchev–Trinajstić information content (AvgIpc) is 2.58. The zero-order valence-corrected chi connectivity index (χ0v) is 13.7. The summed E-state index contributed by atoms with van der Waals surface area (Å²) in [5, 5.41) is 0. The molecule has 2 fully saturated rings. The van der Waals surface area contributed by atoms with Crippen molar-refractivity contribution in [2.45, 2.75) is 19.8 Å². The minimum absolute atomic E-state index is 0.721. The molecule has 4 nitrogen and oxygen atoms in total. The second-order valence-electron chi connectivity index (χ2n) is 6.27. The molecule has 0 radical (unpaired) electrons. The van der Waals surface area contributed by atoms with Gasteiger partial charge in [-0.2, -0.15) is 0 Å². The lowest BCUT2D eigenvalue weighted by molar-refractivity contribution is 0.0377. The average molecular weight is 304 g/mol. The van der Waals surface area contributed by atoms with Gasteiger partial charge in [0, 0.05) is 39.3 Å². The molecule has 0 saturated carbocycles. The van der Waals surface area contributed by atoms with E-state index in [0.717, 1.165) is 57.7 Å². The van der Waals surface area contributed by atoms with Crippen LogP contribution in [0.3, 0.4) is 0 Å². The molecule has 1 aromatic rings. The van der Waals surface area contributed by atoms with Crippen LogP contribution in [0, 0.1) is 5.92 Å². The number of para-hydroxylation sites is 2. The molecule has 1 aromatic carbocycles. The van der Waals surface area contributed by atoms with Crippen LogP contribution in [0.15, 0.2) is 24.3 Å². The maximum Gasteiger partial charge on any atom is 0.142 e. The lowest BCUT2D eigenvalue weighted by Gasteiger charge is -2.38. The van der Waals surface area contributed by atoms with E-state index in [9.17, 15) is 0 Å². The zero-order valence-electron chi connectivity index (χ0n) is 13.7. The second kappa shape index (κ2) is 7.84. The SMILES string of the molecule is CCOc1ccccc1N1CCN(CC2CCCOC2)CC1. The molecule has 0 amide bonds. The Morgan fingerprint density at radius 3 is 2.73 bits per heavy atom. The molecule has 3 rings (SSSR count). The van der Waals surface area contributed by atoms with E-state index in [1.807, 2.05) is 13.0 Å². The Morgan fingerprint density at radius 2 is 2.00 bits per heavy atom. The minimum Gasteiger partial charge on any atom is -0.492 e. The summed E-state index contributed by atoms with van der Waals surface area (Å²) >= 11 is 0. The predicted molar refractivity (Wildman–Crippen MR) is 89.8 cm³/mol. The van der Waals surface area contributed by atoms with Crippen molar-refractivity contribution in [3.8, 4) is 5.75 Å². The Kier molecular flexibility index (Phi) is 5.57. The highest BCUT2D eigenvalue weighted by Gasteiger charge is 2.23. The smallest absolute Gasteiger partial charge is 0.142 e. The zero-order chi connectivity index (χ0) is 15.2. The molecule has 0 aliphatic carbocycles. The van der Waals surface area contributed by atoms with Gasteiger partial charge in [-0.15, -0.1) is 0 Å². The predicted octanol–water partition coefficient (Wildman–Crippen LogP) is 2.63. The first-order valence-corrected chi connectivity index (χ1v) is 8.63. The third-order valence-electron chi connectivity index (χ3n) is 4.65. The highest BCUT2D eigenvalue weighted by atomic mass is 16.5. The van der Waals surface area contributed by atoms with E-state index in [1.165, 1.54) is 25.1 Å². The lowest BCUT2D eigenvalue weighted by Crippen LogP contribution is -2.48. The third kappa shape index (κ3) is 3.93. The molecular formula is C18H28N2O2. The fourth-order valence-electron chi connectivity index (χ4n) is 3.48. The monoisotopic (exact) mass is 304 g/mol. The second-order valence-corrected chi connectivity index (χ2v) is 6.27. The molecule has 0 N–H and O–H groups in total. The van der Waals surface area contributed by atoms with Gasteiger partial charge in [0.1, 0.15) is 5.75 Å². The Hall–Kier alpha value is -1.26. The summed E-state index contributed by atoms with van der Waals surface area (Å²) in [4.78, 5) is 5.05. The van der Waals surface area contributed by atoms with Gasteiger partial charge in [-0.05, 0) is 37.8 Å². The Balaban J connectivity index is 1.53. The Labute approximate surface area is 134 Å². The van der Waals surface area contributed by atoms with Crippen molar-refractivity contribution in [2.75, 3.05) is 57.4 Å². The van der Waals surface area contributed by atoms with Crippen LogP contribution in [-0.2, 0) is 4.74 Å². The van der Waals surface area contributed by atoms with Gasteiger partial charge in [-0.1, -0.05) is 12.1 Å². The van der Waals surface area contributed by atoms with E-state index in [0.29, 0.717) is 0 Å². The third-order valence-corrected chi connectivity index (χ3v) is 4.65. The lowest BCUT2D eigenvalue weighted by atomic mass is 10.0. The highest BCUT2D eigenvalue weighted by molar-refractivity contribution is 5.58. The summed E-state index contributed by atoms with van der Waals surface area (Å²) in [6.45, 7) is 10.3. The van der Waals surface area contributed by atoms with Crippen molar-refractivity contribution in [1.29, 1.82) is 0 Å². The minimum atomic E-state index is 0.721. The normalized spacial score (nSPS) is 23.5. The summed E-state index contributed by atoms with van der Waals surface area (Å²) < 4.78 is 11.4. The Morgan fingerprint density at radius 1 is 1.18 bits per heavy atom. The van der Waals surface area contributed by atoms with Crippen LogP contribution in [0.25, 0.3) is 0 Å². The number of benzene rings is 1. The molecule has 0 spiro atoms. The molecule has 0 aromatic heterocycles. The standard InChI is InChI=1S/C18H28N2O2/c1-2-22-18-8-4-3-7-17(18)20-11-9-19(10-12-20)14-16-6-5-13-21-15-16/h3-4,7-8,16H,2,5-6,9-15H2,1H3. The summed E-state index contributed by atoms with van der Waals surface area (Å²) in [7, 11) is 0. The fourth-order valence-corrected chi connectivity index (χ4v) is 3.48. The number of anilines is 1. The maximum atomic E-state index is 5.77. The largest absolute Gasteiger partial charge is 0.492 e. The van der Waals surface area contributed by atoms with Gasteiger partial charge >= 0.3 is 0 Å². The molecule has 4 heteroatoms. The van der Waals surface area contributed by atoms with Crippen LogP contribution >= 0.6 is 0 Å². The number of ether oxygens (including phenoxy) is 2. The summed E-state index contributed by atoms with van der Waals surface area (Å²) in [6.07, 6.45) is 2.56. The highest BCUT2D eigenvalue weighted by Crippen LogP contribution is 2.29. The van der Waals surface area contributed by atoms with Gasteiger partial charge < -0.3 is 14.4 Å². The van der Waals surface area contributed by atoms with Gasteiger partial charge in [-0.25, -0.2) is 0 Å². The van der Waals surface area contributed by atoms with E-state index in [2.05, 4.69) is 28.0 Å². The molecule has 122 valence electrons. The van der Waals surface area contributed by atoms with Crippen molar-refractivity contribution in [3.63, 3.8) is 0 Å². The number of nitrogens with zero attached hydrogens (tertiary/aromatic N) is 2. The topological polar surface area (TPSA) is 24.9 Å². The van der Waals surface area contributed by atoms with Crippen molar-refractivity contribution in [3.05, 3.63) is 24.3 Å². The number of rotatable bonds is 5. The van der Waals surface area contributed by atoms with Crippen LogP contribution in [0.5, 0.6) is 5.75 Å². The molecule has 1 atom stereocenters. The van der Waals surface area contributed by atoms with E-state index < -0.39 is 0 Å². The molecule has 0 bridgehead atoms.